The van der Waals surface area contributed by atoms with Crippen LogP contribution in [0.5, 0.6) is 0 Å². The molecule has 1 aromatic rings. The Kier molecular flexibility index (Phi) is 2.34. The van der Waals surface area contributed by atoms with Crippen molar-refractivity contribution in [2.45, 2.75) is 18.9 Å². The lowest BCUT2D eigenvalue weighted by Gasteiger charge is -2.10. The van der Waals surface area contributed by atoms with Crippen LogP contribution in [0.4, 0.5) is 4.39 Å². The lowest BCUT2D eigenvalue weighted by molar-refractivity contribution is 0.152. The molecule has 4 heteroatoms. The summed E-state index contributed by atoms with van der Waals surface area (Å²) in [6.07, 6.45) is 2.89. The van der Waals surface area contributed by atoms with Crippen molar-refractivity contribution in [1.29, 1.82) is 0 Å². The molecule has 0 bridgehead atoms. The first kappa shape index (κ1) is 9.09. The molecule has 1 aliphatic rings. The van der Waals surface area contributed by atoms with E-state index in [2.05, 4.69) is 20.9 Å². The molecule has 13 heavy (non-hydrogen) atoms. The number of aromatic nitrogens is 1. The maximum atomic E-state index is 12.7. The van der Waals surface area contributed by atoms with Crippen LogP contribution >= 0.6 is 15.9 Å². The van der Waals surface area contributed by atoms with Crippen LogP contribution in [0.25, 0.3) is 0 Å². The smallest absolute Gasteiger partial charge is 0.213 e. The first-order chi connectivity index (χ1) is 6.18. The summed E-state index contributed by atoms with van der Waals surface area (Å²) in [5.41, 5.74) is 0.606. The Bertz CT molecular complexity index is 327. The largest absolute Gasteiger partial charge is 0.388 e. The van der Waals surface area contributed by atoms with E-state index in [4.69, 9.17) is 0 Å². The molecule has 0 amide bonds. The predicted molar refractivity (Wildman–Crippen MR) is 49.6 cm³/mol. The zero-order valence-electron chi connectivity index (χ0n) is 6.87. The van der Waals surface area contributed by atoms with Gasteiger partial charge in [0, 0.05) is 22.3 Å². The van der Waals surface area contributed by atoms with Gasteiger partial charge in [0.25, 0.3) is 0 Å². The van der Waals surface area contributed by atoms with E-state index in [0.717, 1.165) is 12.8 Å². The van der Waals surface area contributed by atoms with Crippen molar-refractivity contribution < 1.29 is 9.50 Å². The van der Waals surface area contributed by atoms with Gasteiger partial charge in [-0.3, -0.25) is 0 Å². The minimum Gasteiger partial charge on any atom is -0.388 e. The molecule has 70 valence electrons. The van der Waals surface area contributed by atoms with Gasteiger partial charge in [-0.2, -0.15) is 4.39 Å². The lowest BCUT2D eigenvalue weighted by atomic mass is 10.1. The molecule has 0 aliphatic heterocycles. The summed E-state index contributed by atoms with van der Waals surface area (Å²) in [6, 6.07) is 1.28. The van der Waals surface area contributed by atoms with E-state index in [0.29, 0.717) is 16.0 Å². The van der Waals surface area contributed by atoms with Gasteiger partial charge >= 0.3 is 0 Å². The topological polar surface area (TPSA) is 33.1 Å². The predicted octanol–water partition coefficient (Wildman–Crippen LogP) is 2.43. The van der Waals surface area contributed by atoms with Crippen LogP contribution in [0.2, 0.25) is 0 Å². The van der Waals surface area contributed by atoms with Crippen molar-refractivity contribution >= 4 is 15.9 Å². The normalized spacial score (nSPS) is 18.7. The van der Waals surface area contributed by atoms with E-state index in [1.54, 1.807) is 0 Å². The number of aliphatic hydroxyl groups is 1. The average Bonchev–Trinajstić information content (AvgIpc) is 2.91. The fourth-order valence-electron chi connectivity index (χ4n) is 1.32. The number of hydrogen-bond donors (Lipinski definition) is 1. The van der Waals surface area contributed by atoms with E-state index in [1.165, 1.54) is 12.3 Å². The summed E-state index contributed by atoms with van der Waals surface area (Å²) in [7, 11) is 0. The molecule has 0 saturated heterocycles. The molecule has 1 aromatic heterocycles. The van der Waals surface area contributed by atoms with E-state index < -0.39 is 12.1 Å². The minimum atomic E-state index is -0.549. The molecule has 0 radical (unpaired) electrons. The maximum absolute atomic E-state index is 12.7. The third-order valence-electron chi connectivity index (χ3n) is 2.24. The molecule has 0 spiro atoms. The van der Waals surface area contributed by atoms with Crippen LogP contribution in [0.15, 0.2) is 16.7 Å². The number of nitrogens with zero attached hydrogens (tertiary/aromatic N) is 1. The Balaban J connectivity index is 2.31. The third kappa shape index (κ3) is 1.89. The van der Waals surface area contributed by atoms with Crippen molar-refractivity contribution in [3.63, 3.8) is 0 Å². The monoisotopic (exact) mass is 245 g/mol. The molecule has 1 heterocycles. The van der Waals surface area contributed by atoms with Crippen molar-refractivity contribution in [2.24, 2.45) is 5.92 Å². The summed E-state index contributed by atoms with van der Waals surface area (Å²) < 4.78 is 13.4. The van der Waals surface area contributed by atoms with Crippen LogP contribution in [0, 0.1) is 11.9 Å². The molecule has 0 aromatic carbocycles. The second kappa shape index (κ2) is 3.35. The Hall–Kier alpha value is -0.480. The fraction of sp³-hybridized carbons (Fsp3) is 0.444. The summed E-state index contributed by atoms with van der Waals surface area (Å²) in [5.74, 6) is -0.240. The average molecular weight is 246 g/mol. The highest BCUT2D eigenvalue weighted by Crippen LogP contribution is 2.42. The molecule has 2 rings (SSSR count). The highest BCUT2D eigenvalue weighted by Gasteiger charge is 2.32. The minimum absolute atomic E-state index is 0.304. The molecule has 1 atom stereocenters. The first-order valence-corrected chi connectivity index (χ1v) is 4.97. The fourth-order valence-corrected chi connectivity index (χ4v) is 1.77. The van der Waals surface area contributed by atoms with E-state index in [-0.39, 0.29) is 0 Å². The first-order valence-electron chi connectivity index (χ1n) is 4.17. The SMILES string of the molecule is OC(c1cc(F)ncc1Br)C1CC1. The van der Waals surface area contributed by atoms with E-state index in [1.807, 2.05) is 0 Å². The highest BCUT2D eigenvalue weighted by molar-refractivity contribution is 9.10. The van der Waals surface area contributed by atoms with Gasteiger partial charge < -0.3 is 5.11 Å². The van der Waals surface area contributed by atoms with Gasteiger partial charge in [0.2, 0.25) is 5.95 Å². The summed E-state index contributed by atoms with van der Waals surface area (Å²) in [4.78, 5) is 3.48. The standard InChI is InChI=1S/C9H9BrFNO/c10-7-4-12-8(11)3-6(7)9(13)5-1-2-5/h3-5,9,13H,1-2H2. The zero-order chi connectivity index (χ0) is 9.42. The quantitative estimate of drug-likeness (QED) is 0.813. The van der Waals surface area contributed by atoms with Gasteiger partial charge in [-0.1, -0.05) is 0 Å². The van der Waals surface area contributed by atoms with Crippen LogP contribution in [-0.4, -0.2) is 10.1 Å². The van der Waals surface area contributed by atoms with Gasteiger partial charge in [0.1, 0.15) is 0 Å². The number of halogens is 2. The molecule has 2 nitrogen and oxygen atoms in total. The molecular weight excluding hydrogens is 237 g/mol. The molecule has 1 unspecified atom stereocenters. The Morgan fingerprint density at radius 3 is 2.92 bits per heavy atom. The number of aliphatic hydroxyl groups excluding tert-OH is 1. The van der Waals surface area contributed by atoms with Crippen molar-refractivity contribution in [3.05, 3.63) is 28.2 Å². The van der Waals surface area contributed by atoms with Gasteiger partial charge in [-0.15, -0.1) is 0 Å². The third-order valence-corrected chi connectivity index (χ3v) is 2.90. The van der Waals surface area contributed by atoms with Crippen LogP contribution in [0.3, 0.4) is 0 Å². The highest BCUT2D eigenvalue weighted by atomic mass is 79.9. The second-order valence-electron chi connectivity index (χ2n) is 3.31. The lowest BCUT2D eigenvalue weighted by Crippen LogP contribution is -2.02. The summed E-state index contributed by atoms with van der Waals surface area (Å²) >= 11 is 3.24. The molecule has 1 saturated carbocycles. The van der Waals surface area contributed by atoms with Crippen molar-refractivity contribution in [1.82, 2.24) is 4.98 Å². The van der Waals surface area contributed by atoms with Gasteiger partial charge in [0.15, 0.2) is 0 Å². The number of hydrogen-bond acceptors (Lipinski definition) is 2. The van der Waals surface area contributed by atoms with Gasteiger partial charge in [0.05, 0.1) is 6.10 Å². The second-order valence-corrected chi connectivity index (χ2v) is 4.17. The van der Waals surface area contributed by atoms with Crippen LogP contribution in [0.1, 0.15) is 24.5 Å². The van der Waals surface area contributed by atoms with Crippen LogP contribution < -0.4 is 0 Å². The molecule has 1 fully saturated rings. The number of pyridine rings is 1. The van der Waals surface area contributed by atoms with Crippen molar-refractivity contribution in [3.8, 4) is 0 Å². The van der Waals surface area contributed by atoms with E-state index in [9.17, 15) is 9.50 Å². The summed E-state index contributed by atoms with van der Waals surface area (Å²) in [5, 5.41) is 9.74. The zero-order valence-corrected chi connectivity index (χ0v) is 8.46. The molecular formula is C9H9BrFNO. The van der Waals surface area contributed by atoms with Crippen LogP contribution in [-0.2, 0) is 0 Å². The van der Waals surface area contributed by atoms with Gasteiger partial charge in [-0.25, -0.2) is 4.98 Å². The van der Waals surface area contributed by atoms with E-state index >= 15 is 0 Å². The molecule has 1 N–H and O–H groups in total. The summed E-state index contributed by atoms with van der Waals surface area (Å²) in [6.45, 7) is 0. The maximum Gasteiger partial charge on any atom is 0.213 e. The Labute approximate surface area is 83.9 Å². The Morgan fingerprint density at radius 2 is 2.31 bits per heavy atom. The van der Waals surface area contributed by atoms with Gasteiger partial charge in [-0.05, 0) is 34.7 Å². The Morgan fingerprint density at radius 1 is 1.62 bits per heavy atom. The van der Waals surface area contributed by atoms with Crippen molar-refractivity contribution in [2.75, 3.05) is 0 Å². The molecule has 1 aliphatic carbocycles. The number of rotatable bonds is 2.